The predicted octanol–water partition coefficient (Wildman–Crippen LogP) is 6.77. The van der Waals surface area contributed by atoms with Crippen LogP contribution in [0.15, 0.2) is 77.2 Å². The molecule has 0 unspecified atom stereocenters. The number of fused-ring (bicyclic) bond motifs is 6. The van der Waals surface area contributed by atoms with Gasteiger partial charge in [-0.2, -0.15) is 0 Å². The standard InChI is InChI=1S/C28H23O2/c1-29-21-14-10-20(11-15-21)26-24-16-12-18-6-2-4-8-22(18)27(24)30-28-23-9-5-3-7-19(23)13-17-25(26)28/h2-11,14-15H,12-13,16-17H2,1H3/q+1. The molecule has 30 heavy (non-hydrogen) atoms. The molecule has 1 aromatic heterocycles. The second kappa shape index (κ2) is 6.84. The molecule has 146 valence electrons. The SMILES string of the molecule is COc1ccc(-c2c3c([o+]c4c2CCc2ccccc2-4)-c2ccccc2CC3)cc1. The third-order valence-electron chi connectivity index (χ3n) is 6.55. The summed E-state index contributed by atoms with van der Waals surface area (Å²) in [7, 11) is 1.72. The number of hydrogen-bond acceptors (Lipinski definition) is 1. The van der Waals surface area contributed by atoms with E-state index in [4.69, 9.17) is 9.15 Å². The van der Waals surface area contributed by atoms with E-state index in [0.29, 0.717) is 0 Å². The summed E-state index contributed by atoms with van der Waals surface area (Å²) in [5.74, 6) is 2.97. The number of rotatable bonds is 2. The largest absolute Gasteiger partial charge is 0.497 e. The first-order valence-corrected chi connectivity index (χ1v) is 10.7. The maximum Gasteiger partial charge on any atom is 0.364 e. The van der Waals surface area contributed by atoms with Gasteiger partial charge in [-0.05, 0) is 66.6 Å². The van der Waals surface area contributed by atoms with Crippen LogP contribution >= 0.6 is 0 Å². The Hall–Kier alpha value is -3.39. The molecular weight excluding hydrogens is 368 g/mol. The topological polar surface area (TPSA) is 20.5 Å². The Morgan fingerprint density at radius 2 is 1.17 bits per heavy atom. The third kappa shape index (κ3) is 2.60. The van der Waals surface area contributed by atoms with Crippen LogP contribution in [0.1, 0.15) is 22.3 Å². The lowest BCUT2D eigenvalue weighted by atomic mass is 9.79. The highest BCUT2D eigenvalue weighted by molar-refractivity contribution is 5.86. The first-order chi connectivity index (χ1) is 14.8. The fourth-order valence-electron chi connectivity index (χ4n) is 5.09. The van der Waals surface area contributed by atoms with Crippen LogP contribution in [0.5, 0.6) is 5.75 Å². The first-order valence-electron chi connectivity index (χ1n) is 10.7. The number of benzene rings is 3. The van der Waals surface area contributed by atoms with Crippen molar-refractivity contribution < 1.29 is 9.15 Å². The van der Waals surface area contributed by atoms with Crippen LogP contribution in [0, 0.1) is 0 Å². The van der Waals surface area contributed by atoms with Crippen molar-refractivity contribution in [2.75, 3.05) is 7.11 Å². The number of hydrogen-bond donors (Lipinski definition) is 0. The molecule has 1 heterocycles. The Labute approximate surface area is 176 Å². The molecule has 0 aliphatic heterocycles. The van der Waals surface area contributed by atoms with Crippen LogP contribution in [-0.4, -0.2) is 7.11 Å². The summed E-state index contributed by atoms with van der Waals surface area (Å²) >= 11 is 0. The van der Waals surface area contributed by atoms with Gasteiger partial charge in [0.15, 0.2) is 0 Å². The van der Waals surface area contributed by atoms with Crippen LogP contribution in [0.2, 0.25) is 0 Å². The molecule has 2 nitrogen and oxygen atoms in total. The van der Waals surface area contributed by atoms with Gasteiger partial charge in [-0.25, -0.2) is 4.42 Å². The number of aryl methyl sites for hydroxylation is 2. The smallest absolute Gasteiger partial charge is 0.364 e. The highest BCUT2D eigenvalue weighted by atomic mass is 16.5. The van der Waals surface area contributed by atoms with Crippen molar-refractivity contribution >= 4 is 0 Å². The van der Waals surface area contributed by atoms with E-state index in [1.54, 1.807) is 7.11 Å². The van der Waals surface area contributed by atoms with Crippen LogP contribution < -0.4 is 4.74 Å². The van der Waals surface area contributed by atoms with Crippen molar-refractivity contribution in [3.8, 4) is 39.5 Å². The molecule has 3 aromatic carbocycles. The van der Waals surface area contributed by atoms with Crippen LogP contribution in [-0.2, 0) is 25.7 Å². The summed E-state index contributed by atoms with van der Waals surface area (Å²) in [4.78, 5) is 0. The molecule has 0 saturated heterocycles. The second-order valence-corrected chi connectivity index (χ2v) is 8.14. The zero-order valence-corrected chi connectivity index (χ0v) is 17.1. The Morgan fingerprint density at radius 3 is 1.70 bits per heavy atom. The van der Waals surface area contributed by atoms with Crippen LogP contribution in [0.25, 0.3) is 33.8 Å². The molecule has 0 N–H and O–H groups in total. The van der Waals surface area contributed by atoms with E-state index in [1.165, 1.54) is 44.5 Å². The molecule has 0 atom stereocenters. The van der Waals surface area contributed by atoms with Crippen molar-refractivity contribution in [1.29, 1.82) is 0 Å². The summed E-state index contributed by atoms with van der Waals surface area (Å²) in [5, 5.41) is 0. The Morgan fingerprint density at radius 1 is 0.633 bits per heavy atom. The lowest BCUT2D eigenvalue weighted by molar-refractivity contribution is 0.415. The minimum atomic E-state index is 0.887. The van der Waals surface area contributed by atoms with Gasteiger partial charge in [0.25, 0.3) is 0 Å². The quantitative estimate of drug-likeness (QED) is 0.352. The van der Waals surface area contributed by atoms with Crippen molar-refractivity contribution in [3.05, 3.63) is 95.1 Å². The molecule has 0 amide bonds. The lowest BCUT2D eigenvalue weighted by Crippen LogP contribution is -2.12. The van der Waals surface area contributed by atoms with Gasteiger partial charge in [0.2, 0.25) is 0 Å². The molecule has 4 aromatic rings. The summed E-state index contributed by atoms with van der Waals surface area (Å²) in [5.41, 5.74) is 10.5. The van der Waals surface area contributed by atoms with Crippen molar-refractivity contribution in [1.82, 2.24) is 0 Å². The highest BCUT2D eigenvalue weighted by Crippen LogP contribution is 2.47. The number of ether oxygens (including phenoxy) is 1. The van der Waals surface area contributed by atoms with Gasteiger partial charge >= 0.3 is 11.5 Å². The molecule has 0 radical (unpaired) electrons. The molecule has 2 aliphatic carbocycles. The van der Waals surface area contributed by atoms with Gasteiger partial charge in [0, 0.05) is 5.56 Å². The van der Waals surface area contributed by atoms with E-state index in [9.17, 15) is 0 Å². The molecule has 6 rings (SSSR count). The van der Waals surface area contributed by atoms with Crippen molar-refractivity contribution in [2.24, 2.45) is 0 Å². The maximum atomic E-state index is 6.76. The first kappa shape index (κ1) is 17.5. The van der Waals surface area contributed by atoms with Crippen molar-refractivity contribution in [2.45, 2.75) is 25.7 Å². The van der Waals surface area contributed by atoms with Crippen LogP contribution in [0.4, 0.5) is 0 Å². The Kier molecular flexibility index (Phi) is 3.98. The van der Waals surface area contributed by atoms with Gasteiger partial charge < -0.3 is 4.74 Å². The second-order valence-electron chi connectivity index (χ2n) is 8.14. The predicted molar refractivity (Wildman–Crippen MR) is 121 cm³/mol. The van der Waals surface area contributed by atoms with Gasteiger partial charge in [0.05, 0.1) is 29.4 Å². The minimum Gasteiger partial charge on any atom is -0.497 e. The number of methoxy groups -OCH3 is 1. The average molecular weight is 391 g/mol. The molecule has 2 heteroatoms. The van der Waals surface area contributed by atoms with E-state index in [2.05, 4.69) is 72.8 Å². The van der Waals surface area contributed by atoms with E-state index < -0.39 is 0 Å². The van der Waals surface area contributed by atoms with Gasteiger partial charge in [-0.3, -0.25) is 0 Å². The summed E-state index contributed by atoms with van der Waals surface area (Å²) in [6.45, 7) is 0. The van der Waals surface area contributed by atoms with Crippen LogP contribution in [0.3, 0.4) is 0 Å². The summed E-state index contributed by atoms with van der Waals surface area (Å²) in [6, 6.07) is 25.9. The average Bonchev–Trinajstić information content (AvgIpc) is 2.82. The normalized spacial score (nSPS) is 13.6. The monoisotopic (exact) mass is 391 g/mol. The minimum absolute atomic E-state index is 0.887. The Bertz CT molecular complexity index is 1190. The van der Waals surface area contributed by atoms with Gasteiger partial charge in [0.1, 0.15) is 5.75 Å². The third-order valence-corrected chi connectivity index (χ3v) is 6.55. The van der Waals surface area contributed by atoms with E-state index in [0.717, 1.165) is 43.0 Å². The van der Waals surface area contributed by atoms with Crippen molar-refractivity contribution in [3.63, 3.8) is 0 Å². The van der Waals surface area contributed by atoms with Gasteiger partial charge in [-0.1, -0.05) is 48.5 Å². The molecule has 2 aliphatic rings. The zero-order chi connectivity index (χ0) is 20.1. The highest BCUT2D eigenvalue weighted by Gasteiger charge is 2.37. The lowest BCUT2D eigenvalue weighted by Gasteiger charge is -2.22. The molecule has 0 saturated carbocycles. The molecule has 0 fully saturated rings. The molecule has 0 bridgehead atoms. The fourth-order valence-corrected chi connectivity index (χ4v) is 5.09. The van der Waals surface area contributed by atoms with E-state index >= 15 is 0 Å². The maximum absolute atomic E-state index is 6.76. The molecule has 0 spiro atoms. The van der Waals surface area contributed by atoms with Gasteiger partial charge in [-0.15, -0.1) is 0 Å². The molecular formula is C28H23O2+. The summed E-state index contributed by atoms with van der Waals surface area (Å²) in [6.07, 6.45) is 4.12. The summed E-state index contributed by atoms with van der Waals surface area (Å²) < 4.78 is 12.2. The van der Waals surface area contributed by atoms with E-state index in [1.807, 2.05) is 0 Å². The van der Waals surface area contributed by atoms with E-state index in [-0.39, 0.29) is 0 Å². The fraction of sp³-hybridized carbons (Fsp3) is 0.179. The Balaban J connectivity index is 1.68. The zero-order valence-electron chi connectivity index (χ0n) is 17.1.